The minimum Gasteiger partial charge on any atom is -0.494 e. The van der Waals surface area contributed by atoms with Gasteiger partial charge in [0.15, 0.2) is 18.2 Å². The van der Waals surface area contributed by atoms with Crippen molar-refractivity contribution in [2.75, 3.05) is 13.2 Å². The molecule has 0 saturated heterocycles. The Morgan fingerprint density at radius 2 is 1.49 bits per heavy atom. The van der Waals surface area contributed by atoms with Crippen LogP contribution < -0.4 is 4.74 Å². The third kappa shape index (κ3) is 5.93. The summed E-state index contributed by atoms with van der Waals surface area (Å²) in [6.45, 7) is 4.04. The summed E-state index contributed by atoms with van der Waals surface area (Å²) in [6.07, 6.45) is 0. The maximum Gasteiger partial charge on any atom is 0.378 e. The zero-order valence-corrected chi connectivity index (χ0v) is 21.7. The molecule has 0 unspecified atom stereocenters. The Morgan fingerprint density at radius 1 is 0.795 bits per heavy atom. The molecule has 0 atom stereocenters. The van der Waals surface area contributed by atoms with Crippen molar-refractivity contribution >= 4 is 11.8 Å². The molecule has 0 aliphatic heterocycles. The number of carbonyl (C=O) groups excluding carboxylic acids is 2. The van der Waals surface area contributed by atoms with Gasteiger partial charge < -0.3 is 9.47 Å². The topological polar surface area (TPSA) is 83.3 Å². The highest BCUT2D eigenvalue weighted by atomic mass is 16.5. The van der Waals surface area contributed by atoms with Gasteiger partial charge in [-0.25, -0.2) is 14.5 Å². The molecule has 7 nitrogen and oxygen atoms in total. The lowest BCUT2D eigenvalue weighted by atomic mass is 10.0. The number of rotatable bonds is 9. The second-order valence-electron chi connectivity index (χ2n) is 8.91. The number of esters is 1. The quantitative estimate of drug-likeness (QED) is 0.167. The van der Waals surface area contributed by atoms with Crippen LogP contribution in [0.1, 0.15) is 33.5 Å². The second kappa shape index (κ2) is 11.6. The third-order valence-corrected chi connectivity index (χ3v) is 6.11. The fraction of sp³-hybridized carbons (Fsp3) is 0.125. The van der Waals surface area contributed by atoms with Gasteiger partial charge in [-0.15, -0.1) is 5.10 Å². The van der Waals surface area contributed by atoms with Gasteiger partial charge in [0.05, 0.1) is 12.3 Å². The molecule has 0 N–H and O–H groups in total. The van der Waals surface area contributed by atoms with Crippen LogP contribution in [-0.2, 0) is 4.74 Å². The van der Waals surface area contributed by atoms with E-state index in [2.05, 4.69) is 10.1 Å². The summed E-state index contributed by atoms with van der Waals surface area (Å²) in [5, 5.41) is 4.44. The van der Waals surface area contributed by atoms with Crippen LogP contribution in [0.3, 0.4) is 0 Å². The maximum absolute atomic E-state index is 12.9. The molecule has 1 aromatic heterocycles. The van der Waals surface area contributed by atoms with Gasteiger partial charge >= 0.3 is 5.97 Å². The highest BCUT2D eigenvalue weighted by Gasteiger charge is 2.21. The van der Waals surface area contributed by atoms with Gasteiger partial charge in [-0.05, 0) is 55.3 Å². The maximum atomic E-state index is 12.9. The van der Waals surface area contributed by atoms with Gasteiger partial charge in [-0.2, -0.15) is 0 Å². The lowest BCUT2D eigenvalue weighted by Gasteiger charge is -2.08. The van der Waals surface area contributed by atoms with E-state index in [1.807, 2.05) is 105 Å². The zero-order chi connectivity index (χ0) is 27.2. The third-order valence-electron chi connectivity index (χ3n) is 6.11. The Labute approximate surface area is 226 Å². The van der Waals surface area contributed by atoms with E-state index in [9.17, 15) is 9.59 Å². The van der Waals surface area contributed by atoms with E-state index in [0.29, 0.717) is 23.7 Å². The van der Waals surface area contributed by atoms with Crippen LogP contribution in [0.5, 0.6) is 5.75 Å². The summed E-state index contributed by atoms with van der Waals surface area (Å²) in [7, 11) is 0. The molecular weight excluding hydrogens is 490 g/mol. The van der Waals surface area contributed by atoms with Crippen LogP contribution in [-0.4, -0.2) is 39.7 Å². The fourth-order valence-electron chi connectivity index (χ4n) is 4.16. The Hall–Kier alpha value is -5.04. The first-order chi connectivity index (χ1) is 19.0. The van der Waals surface area contributed by atoms with E-state index < -0.39 is 12.6 Å². The highest BCUT2D eigenvalue weighted by Crippen LogP contribution is 2.24. The van der Waals surface area contributed by atoms with E-state index >= 15 is 0 Å². The van der Waals surface area contributed by atoms with Gasteiger partial charge in [-0.1, -0.05) is 78.4 Å². The number of hydrogen-bond acceptors (Lipinski definition) is 6. The number of ketones is 1. The van der Waals surface area contributed by atoms with Crippen molar-refractivity contribution in [3.63, 3.8) is 0 Å². The summed E-state index contributed by atoms with van der Waals surface area (Å²) in [4.78, 5) is 30.1. The number of aryl methyl sites for hydroxylation is 1. The number of benzene rings is 4. The number of aromatic nitrogens is 3. The lowest BCUT2D eigenvalue weighted by molar-refractivity contribution is 0.0462. The smallest absolute Gasteiger partial charge is 0.378 e. The first kappa shape index (κ1) is 25.6. The normalized spacial score (nSPS) is 10.7. The monoisotopic (exact) mass is 517 g/mol. The molecule has 5 aromatic rings. The Bertz CT molecular complexity index is 1590. The Morgan fingerprint density at radius 3 is 2.18 bits per heavy atom. The first-order valence-electron chi connectivity index (χ1n) is 12.6. The van der Waals surface area contributed by atoms with Crippen LogP contribution in [0.25, 0.3) is 28.2 Å². The van der Waals surface area contributed by atoms with Crippen LogP contribution in [0.4, 0.5) is 0 Å². The molecule has 0 fully saturated rings. The van der Waals surface area contributed by atoms with Crippen molar-refractivity contribution in [3.05, 3.63) is 120 Å². The second-order valence-corrected chi connectivity index (χ2v) is 8.91. The molecule has 39 heavy (non-hydrogen) atoms. The summed E-state index contributed by atoms with van der Waals surface area (Å²) in [5.41, 5.74) is 5.05. The molecule has 0 aliphatic carbocycles. The van der Waals surface area contributed by atoms with Crippen LogP contribution in [0.15, 0.2) is 103 Å². The highest BCUT2D eigenvalue weighted by molar-refractivity contribution is 5.99. The zero-order valence-electron chi connectivity index (χ0n) is 21.7. The summed E-state index contributed by atoms with van der Waals surface area (Å²) < 4.78 is 12.5. The molecule has 0 aliphatic rings. The molecule has 0 bridgehead atoms. The molecule has 7 heteroatoms. The Balaban J connectivity index is 1.34. The number of Topliss-reactive ketones (excluding diaryl/α,β-unsaturated/α-hetero) is 1. The number of hydrogen-bond donors (Lipinski definition) is 0. The van der Waals surface area contributed by atoms with Gasteiger partial charge in [0, 0.05) is 11.1 Å². The van der Waals surface area contributed by atoms with E-state index in [4.69, 9.17) is 9.47 Å². The number of ether oxygens (including phenoxy) is 2. The average molecular weight is 518 g/mol. The van der Waals surface area contributed by atoms with Gasteiger partial charge in [0.25, 0.3) is 5.82 Å². The van der Waals surface area contributed by atoms with Crippen molar-refractivity contribution in [2.45, 2.75) is 13.8 Å². The molecule has 5 rings (SSSR count). The standard InChI is InChI=1S/C32H27N3O4/c1-3-38-28-18-16-27(17-19-28)35-31(26-11-7-8-22(2)20-26)33-30(34-35)32(37)39-21-29(36)25-14-12-24(13-15-25)23-9-5-4-6-10-23/h4-20H,3,21H2,1-2H3. The van der Waals surface area contributed by atoms with Gasteiger partial charge in [0.2, 0.25) is 0 Å². The van der Waals surface area contributed by atoms with Crippen molar-refractivity contribution in [3.8, 4) is 34.0 Å². The van der Waals surface area contributed by atoms with E-state index in [0.717, 1.165) is 28.0 Å². The van der Waals surface area contributed by atoms with Crippen molar-refractivity contribution in [2.24, 2.45) is 0 Å². The Kier molecular flexibility index (Phi) is 7.59. The molecular formula is C32H27N3O4. The van der Waals surface area contributed by atoms with Crippen LogP contribution in [0.2, 0.25) is 0 Å². The van der Waals surface area contributed by atoms with Crippen molar-refractivity contribution in [1.29, 1.82) is 0 Å². The van der Waals surface area contributed by atoms with E-state index in [-0.39, 0.29) is 11.6 Å². The van der Waals surface area contributed by atoms with Gasteiger partial charge in [-0.3, -0.25) is 4.79 Å². The molecule has 0 saturated carbocycles. The van der Waals surface area contributed by atoms with Crippen molar-refractivity contribution in [1.82, 2.24) is 14.8 Å². The van der Waals surface area contributed by atoms with Gasteiger partial charge in [0.1, 0.15) is 5.75 Å². The van der Waals surface area contributed by atoms with Crippen molar-refractivity contribution < 1.29 is 19.1 Å². The van der Waals surface area contributed by atoms with Crippen LogP contribution >= 0.6 is 0 Å². The molecule has 0 spiro atoms. The minimum absolute atomic E-state index is 0.132. The molecule has 194 valence electrons. The van der Waals surface area contributed by atoms with Crippen LogP contribution in [0, 0.1) is 6.92 Å². The molecule has 1 heterocycles. The largest absolute Gasteiger partial charge is 0.494 e. The lowest BCUT2D eigenvalue weighted by Crippen LogP contribution is -2.15. The predicted octanol–water partition coefficient (Wildman–Crippen LogP) is 6.35. The summed E-state index contributed by atoms with van der Waals surface area (Å²) in [5.74, 6) is -0.00525. The molecule has 4 aromatic carbocycles. The molecule has 0 radical (unpaired) electrons. The number of nitrogens with zero attached hydrogens (tertiary/aromatic N) is 3. The summed E-state index contributed by atoms with van der Waals surface area (Å²) >= 11 is 0. The first-order valence-corrected chi connectivity index (χ1v) is 12.6. The molecule has 0 amide bonds. The minimum atomic E-state index is -0.775. The fourth-order valence-corrected chi connectivity index (χ4v) is 4.16. The predicted molar refractivity (Wildman–Crippen MR) is 149 cm³/mol. The number of carbonyl (C=O) groups is 2. The average Bonchev–Trinajstić information content (AvgIpc) is 3.43. The van der Waals surface area contributed by atoms with E-state index in [1.165, 1.54) is 0 Å². The van der Waals surface area contributed by atoms with E-state index in [1.54, 1.807) is 16.8 Å². The summed E-state index contributed by atoms with van der Waals surface area (Å²) in [6, 6.07) is 32.2. The SMILES string of the molecule is CCOc1ccc(-n2nc(C(=O)OCC(=O)c3ccc(-c4ccccc4)cc3)nc2-c2cccc(C)c2)cc1.